The fourth-order valence-electron chi connectivity index (χ4n) is 2.14. The predicted molar refractivity (Wildman–Crippen MR) is 77.6 cm³/mol. The van der Waals surface area contributed by atoms with Crippen LogP contribution in [0.4, 0.5) is 0 Å². The summed E-state index contributed by atoms with van der Waals surface area (Å²) >= 11 is 3.31. The average molecular weight is 348 g/mol. The zero-order valence-corrected chi connectivity index (χ0v) is 13.4. The zero-order chi connectivity index (χ0) is 14.0. The van der Waals surface area contributed by atoms with Crippen molar-refractivity contribution < 1.29 is 13.2 Å². The molecule has 1 aromatic carbocycles. The summed E-state index contributed by atoms with van der Waals surface area (Å²) in [6.45, 7) is 4.54. The van der Waals surface area contributed by atoms with E-state index in [9.17, 15) is 8.42 Å². The van der Waals surface area contributed by atoms with E-state index in [-0.39, 0.29) is 17.0 Å². The number of rotatable bonds is 5. The van der Waals surface area contributed by atoms with Gasteiger partial charge in [0.05, 0.1) is 11.0 Å². The molecule has 1 fully saturated rings. The number of aryl methyl sites for hydroxylation is 1. The molecule has 0 spiro atoms. The number of benzene rings is 1. The van der Waals surface area contributed by atoms with Crippen LogP contribution in [0.1, 0.15) is 25.3 Å². The lowest BCUT2D eigenvalue weighted by atomic mass is 9.90. The number of ether oxygens (including phenoxy) is 1. The molecule has 0 saturated heterocycles. The summed E-state index contributed by atoms with van der Waals surface area (Å²) < 4.78 is 33.2. The third kappa shape index (κ3) is 3.56. The van der Waals surface area contributed by atoms with Gasteiger partial charge >= 0.3 is 0 Å². The van der Waals surface area contributed by atoms with E-state index in [1.54, 1.807) is 18.2 Å². The minimum atomic E-state index is -3.46. The summed E-state index contributed by atoms with van der Waals surface area (Å²) in [5.74, 6) is 0. The molecule has 6 heteroatoms. The van der Waals surface area contributed by atoms with Gasteiger partial charge in [0.25, 0.3) is 0 Å². The van der Waals surface area contributed by atoms with E-state index < -0.39 is 10.0 Å². The van der Waals surface area contributed by atoms with Gasteiger partial charge in [-0.05, 0) is 60.3 Å². The molecule has 106 valence electrons. The van der Waals surface area contributed by atoms with Crippen molar-refractivity contribution >= 4 is 26.0 Å². The molecular formula is C13H18BrNO3S. The number of hydrogen-bond donors (Lipinski definition) is 1. The van der Waals surface area contributed by atoms with Gasteiger partial charge in [-0.2, -0.15) is 0 Å². The van der Waals surface area contributed by atoms with Gasteiger partial charge in [-0.25, -0.2) is 13.1 Å². The molecular weight excluding hydrogens is 330 g/mol. The van der Waals surface area contributed by atoms with Crippen molar-refractivity contribution in [1.29, 1.82) is 0 Å². The summed E-state index contributed by atoms with van der Waals surface area (Å²) in [5, 5.41) is 0. The van der Waals surface area contributed by atoms with Gasteiger partial charge in [0.2, 0.25) is 10.0 Å². The second-order valence-corrected chi connectivity index (χ2v) is 7.34. The largest absolute Gasteiger partial charge is 0.378 e. The van der Waals surface area contributed by atoms with Gasteiger partial charge in [0, 0.05) is 17.1 Å². The van der Waals surface area contributed by atoms with Crippen molar-refractivity contribution in [3.05, 3.63) is 28.2 Å². The summed E-state index contributed by atoms with van der Waals surface area (Å²) in [6.07, 6.45) is 1.69. The first-order chi connectivity index (χ1) is 8.92. The van der Waals surface area contributed by atoms with Crippen LogP contribution in [0.25, 0.3) is 0 Å². The predicted octanol–water partition coefficient (Wildman–Crippen LogP) is 2.60. The first-order valence-electron chi connectivity index (χ1n) is 6.32. The van der Waals surface area contributed by atoms with Crippen molar-refractivity contribution in [2.75, 3.05) is 6.61 Å². The van der Waals surface area contributed by atoms with Crippen LogP contribution in [0.3, 0.4) is 0 Å². The Balaban J connectivity index is 2.03. The number of nitrogens with one attached hydrogen (secondary N) is 1. The lowest BCUT2D eigenvalue weighted by Gasteiger charge is -2.35. The van der Waals surface area contributed by atoms with E-state index in [2.05, 4.69) is 20.7 Å². The molecule has 0 unspecified atom stereocenters. The van der Waals surface area contributed by atoms with E-state index in [4.69, 9.17) is 4.74 Å². The molecule has 0 atom stereocenters. The van der Waals surface area contributed by atoms with Crippen LogP contribution in [-0.4, -0.2) is 27.2 Å². The average Bonchev–Trinajstić information content (AvgIpc) is 2.25. The first-order valence-corrected chi connectivity index (χ1v) is 8.60. The Bertz CT molecular complexity index is 553. The molecule has 0 bridgehead atoms. The summed E-state index contributed by atoms with van der Waals surface area (Å²) in [7, 11) is -3.46. The smallest absolute Gasteiger partial charge is 0.241 e. The van der Waals surface area contributed by atoms with E-state index in [1.807, 2.05) is 13.8 Å². The molecule has 0 aliphatic heterocycles. The van der Waals surface area contributed by atoms with Crippen LogP contribution in [0.15, 0.2) is 27.6 Å². The van der Waals surface area contributed by atoms with Crippen LogP contribution in [0.2, 0.25) is 0 Å². The molecule has 19 heavy (non-hydrogen) atoms. The third-order valence-corrected chi connectivity index (χ3v) is 5.69. The highest BCUT2D eigenvalue weighted by Crippen LogP contribution is 2.27. The minimum Gasteiger partial charge on any atom is -0.378 e. The Morgan fingerprint density at radius 2 is 2.11 bits per heavy atom. The van der Waals surface area contributed by atoms with Gasteiger partial charge in [-0.15, -0.1) is 0 Å². The molecule has 0 radical (unpaired) electrons. The molecule has 1 aromatic rings. The van der Waals surface area contributed by atoms with E-state index >= 15 is 0 Å². The first kappa shape index (κ1) is 15.0. The molecule has 0 heterocycles. The van der Waals surface area contributed by atoms with Gasteiger partial charge < -0.3 is 4.74 Å². The topological polar surface area (TPSA) is 55.4 Å². The monoisotopic (exact) mass is 347 g/mol. The van der Waals surface area contributed by atoms with E-state index in [1.165, 1.54) is 0 Å². The Morgan fingerprint density at radius 3 is 2.68 bits per heavy atom. The van der Waals surface area contributed by atoms with Gasteiger partial charge in [0.1, 0.15) is 0 Å². The molecule has 1 N–H and O–H groups in total. The summed E-state index contributed by atoms with van der Waals surface area (Å²) in [4.78, 5) is 0.290. The molecule has 0 amide bonds. The highest BCUT2D eigenvalue weighted by molar-refractivity contribution is 9.10. The lowest BCUT2D eigenvalue weighted by Crippen LogP contribution is -2.47. The highest BCUT2D eigenvalue weighted by Gasteiger charge is 2.33. The van der Waals surface area contributed by atoms with Gasteiger partial charge in [-0.3, -0.25) is 0 Å². The Labute approximate surface area is 122 Å². The van der Waals surface area contributed by atoms with E-state index in [0.717, 1.165) is 18.4 Å². The van der Waals surface area contributed by atoms with Gasteiger partial charge in [-0.1, -0.05) is 6.07 Å². The quantitative estimate of drug-likeness (QED) is 0.890. The molecule has 1 saturated carbocycles. The highest BCUT2D eigenvalue weighted by atomic mass is 79.9. The van der Waals surface area contributed by atoms with Crippen LogP contribution in [0.5, 0.6) is 0 Å². The number of halogens is 1. The minimum absolute atomic E-state index is 0.0187. The second kappa shape index (κ2) is 5.91. The molecule has 4 nitrogen and oxygen atoms in total. The Hall–Kier alpha value is -0.430. The maximum absolute atomic E-state index is 12.3. The Morgan fingerprint density at radius 1 is 1.42 bits per heavy atom. The van der Waals surface area contributed by atoms with Crippen molar-refractivity contribution in [3.63, 3.8) is 0 Å². The second-order valence-electron chi connectivity index (χ2n) is 4.80. The van der Waals surface area contributed by atoms with Crippen molar-refractivity contribution in [3.8, 4) is 0 Å². The maximum atomic E-state index is 12.3. The normalized spacial score (nSPS) is 23.1. The van der Waals surface area contributed by atoms with Crippen LogP contribution >= 0.6 is 15.9 Å². The number of hydrogen-bond acceptors (Lipinski definition) is 3. The van der Waals surface area contributed by atoms with Crippen molar-refractivity contribution in [2.24, 2.45) is 0 Å². The molecule has 1 aliphatic carbocycles. The fraction of sp³-hybridized carbons (Fsp3) is 0.538. The maximum Gasteiger partial charge on any atom is 0.241 e. The van der Waals surface area contributed by atoms with Crippen LogP contribution in [0, 0.1) is 6.92 Å². The standard InChI is InChI=1S/C13H18BrNO3S/c1-3-18-11-7-10(8-11)15-19(16,17)13-5-4-9(2)6-12(13)14/h4-6,10-11,15H,3,7-8H2,1-2H3. The van der Waals surface area contributed by atoms with Crippen molar-refractivity contribution in [2.45, 2.75) is 43.7 Å². The zero-order valence-electron chi connectivity index (χ0n) is 11.0. The van der Waals surface area contributed by atoms with Crippen molar-refractivity contribution in [1.82, 2.24) is 4.72 Å². The third-order valence-electron chi connectivity index (χ3n) is 3.20. The molecule has 0 aromatic heterocycles. The SMILES string of the molecule is CCOC1CC(NS(=O)(=O)c2ccc(C)cc2Br)C1. The summed E-state index contributed by atoms with van der Waals surface area (Å²) in [5.41, 5.74) is 1.02. The van der Waals surface area contributed by atoms with Crippen LogP contribution < -0.4 is 4.72 Å². The van der Waals surface area contributed by atoms with Crippen LogP contribution in [-0.2, 0) is 14.8 Å². The molecule has 1 aliphatic rings. The number of sulfonamides is 1. The van der Waals surface area contributed by atoms with E-state index in [0.29, 0.717) is 11.1 Å². The Kier molecular flexibility index (Phi) is 4.66. The lowest BCUT2D eigenvalue weighted by molar-refractivity contribution is -0.00476. The molecule has 2 rings (SSSR count). The summed E-state index contributed by atoms with van der Waals surface area (Å²) in [6, 6.07) is 5.21. The fourth-order valence-corrected chi connectivity index (χ4v) is 4.59. The van der Waals surface area contributed by atoms with Gasteiger partial charge in [0.15, 0.2) is 0 Å².